The number of hydrogen-bond acceptors (Lipinski definition) is 3. The van der Waals surface area contributed by atoms with Gasteiger partial charge in [-0.05, 0) is 61.7 Å². The maximum atomic E-state index is 12.8. The van der Waals surface area contributed by atoms with E-state index < -0.39 is 6.04 Å². The van der Waals surface area contributed by atoms with Gasteiger partial charge in [-0.25, -0.2) is 0 Å². The van der Waals surface area contributed by atoms with Crippen LogP contribution in [-0.2, 0) is 11.2 Å². The molecular weight excluding hydrogens is 373 g/mol. The molecule has 0 bridgehead atoms. The molecule has 3 rings (SSSR count). The third-order valence-corrected chi connectivity index (χ3v) is 4.63. The van der Waals surface area contributed by atoms with Crippen LogP contribution < -0.4 is 16.0 Å². The number of nitrogens with zero attached hydrogens (tertiary/aromatic N) is 1. The number of nitrogen functional groups attached to an aromatic ring is 1. The van der Waals surface area contributed by atoms with Crippen molar-refractivity contribution in [2.45, 2.75) is 25.8 Å². The molecule has 0 saturated heterocycles. The Kier molecular flexibility index (Phi) is 6.51. The van der Waals surface area contributed by atoms with Crippen LogP contribution in [0, 0.1) is 0 Å². The molecule has 1 heterocycles. The Morgan fingerprint density at radius 3 is 2.58 bits per heavy atom. The number of carbonyl (C=O) groups is 2. The van der Waals surface area contributed by atoms with Gasteiger partial charge < -0.3 is 16.0 Å². The molecular formula is C19H21Cl2N3O2. The van der Waals surface area contributed by atoms with Crippen molar-refractivity contribution in [2.75, 3.05) is 17.2 Å². The van der Waals surface area contributed by atoms with Gasteiger partial charge in [-0.2, -0.15) is 0 Å². The number of nitrogens with two attached hydrogens (primary N) is 1. The summed E-state index contributed by atoms with van der Waals surface area (Å²) in [5, 5.41) is 3.31. The lowest BCUT2D eigenvalue weighted by Gasteiger charge is -2.32. The van der Waals surface area contributed by atoms with Crippen molar-refractivity contribution in [1.82, 2.24) is 5.32 Å². The lowest BCUT2D eigenvalue weighted by Crippen LogP contribution is -2.48. The highest BCUT2D eigenvalue weighted by Crippen LogP contribution is 2.31. The van der Waals surface area contributed by atoms with Crippen molar-refractivity contribution in [3.05, 3.63) is 58.6 Å². The third-order valence-electron chi connectivity index (χ3n) is 4.38. The molecule has 0 aliphatic carbocycles. The van der Waals surface area contributed by atoms with Crippen molar-refractivity contribution in [1.29, 1.82) is 0 Å². The van der Waals surface area contributed by atoms with Gasteiger partial charge in [-0.15, -0.1) is 12.4 Å². The summed E-state index contributed by atoms with van der Waals surface area (Å²) in [6, 6.07) is 11.5. The molecule has 1 aliphatic rings. The first-order chi connectivity index (χ1) is 12.0. The smallest absolute Gasteiger partial charge is 0.251 e. The molecule has 2 amide bonds. The zero-order valence-electron chi connectivity index (χ0n) is 14.4. The van der Waals surface area contributed by atoms with E-state index in [1.165, 1.54) is 0 Å². The molecule has 0 spiro atoms. The topological polar surface area (TPSA) is 75.4 Å². The van der Waals surface area contributed by atoms with Gasteiger partial charge in [0.2, 0.25) is 5.91 Å². The van der Waals surface area contributed by atoms with E-state index >= 15 is 0 Å². The predicted molar refractivity (Wildman–Crippen MR) is 107 cm³/mol. The van der Waals surface area contributed by atoms with Gasteiger partial charge in [0.25, 0.3) is 5.91 Å². The van der Waals surface area contributed by atoms with Crippen LogP contribution in [0.15, 0.2) is 42.5 Å². The molecule has 2 aromatic rings. The first kappa shape index (κ1) is 20.1. The molecule has 0 fully saturated rings. The fraction of sp³-hybridized carbons (Fsp3) is 0.263. The van der Waals surface area contributed by atoms with Gasteiger partial charge in [-0.3, -0.25) is 9.59 Å². The highest BCUT2D eigenvalue weighted by Gasteiger charge is 2.28. The minimum Gasteiger partial charge on any atom is -0.398 e. The standard InChI is InChI=1S/C19H20ClN3O2.ClH/c1-12(22-18(24)13-7-9-14(20)10-8-13)19(25)23-11-3-4-15-16(21)5-2-6-17(15)23;/h2,5-10,12H,3-4,11,21H2,1H3,(H,22,24);1H. The Morgan fingerprint density at radius 2 is 1.88 bits per heavy atom. The zero-order valence-corrected chi connectivity index (χ0v) is 15.9. The minimum atomic E-state index is -0.643. The molecule has 3 N–H and O–H groups in total. The van der Waals surface area contributed by atoms with Crippen LogP contribution in [0.25, 0.3) is 0 Å². The fourth-order valence-corrected chi connectivity index (χ4v) is 3.18. The van der Waals surface area contributed by atoms with E-state index in [-0.39, 0.29) is 24.2 Å². The zero-order chi connectivity index (χ0) is 18.0. The van der Waals surface area contributed by atoms with Gasteiger partial charge >= 0.3 is 0 Å². The van der Waals surface area contributed by atoms with E-state index in [0.717, 1.165) is 24.1 Å². The highest BCUT2D eigenvalue weighted by atomic mass is 35.5. The number of rotatable bonds is 3. The normalized spacial score (nSPS) is 14.0. The van der Waals surface area contributed by atoms with Crippen LogP contribution in [0.3, 0.4) is 0 Å². The Bertz CT molecular complexity index is 809. The summed E-state index contributed by atoms with van der Waals surface area (Å²) < 4.78 is 0. The number of nitrogens with one attached hydrogen (secondary N) is 1. The molecule has 138 valence electrons. The maximum absolute atomic E-state index is 12.8. The van der Waals surface area contributed by atoms with Crippen LogP contribution in [-0.4, -0.2) is 24.4 Å². The molecule has 7 heteroatoms. The van der Waals surface area contributed by atoms with Crippen molar-refractivity contribution in [3.63, 3.8) is 0 Å². The molecule has 26 heavy (non-hydrogen) atoms. The summed E-state index contributed by atoms with van der Waals surface area (Å²) in [7, 11) is 0. The van der Waals surface area contributed by atoms with E-state index in [4.69, 9.17) is 17.3 Å². The minimum absolute atomic E-state index is 0. The lowest BCUT2D eigenvalue weighted by molar-refractivity contribution is -0.120. The van der Waals surface area contributed by atoms with Crippen LogP contribution in [0.2, 0.25) is 5.02 Å². The number of benzene rings is 2. The van der Waals surface area contributed by atoms with Crippen molar-refractivity contribution in [3.8, 4) is 0 Å². The first-order valence-electron chi connectivity index (χ1n) is 8.22. The summed E-state index contributed by atoms with van der Waals surface area (Å²) in [5.41, 5.74) is 9.03. The summed E-state index contributed by atoms with van der Waals surface area (Å²) in [6.45, 7) is 2.31. The summed E-state index contributed by atoms with van der Waals surface area (Å²) in [5.74, 6) is -0.448. The van der Waals surface area contributed by atoms with E-state index in [9.17, 15) is 9.59 Å². The lowest BCUT2D eigenvalue weighted by atomic mass is 9.99. The van der Waals surface area contributed by atoms with Crippen LogP contribution >= 0.6 is 24.0 Å². The average molecular weight is 394 g/mol. The second-order valence-corrected chi connectivity index (χ2v) is 6.58. The fourth-order valence-electron chi connectivity index (χ4n) is 3.06. The summed E-state index contributed by atoms with van der Waals surface area (Å²) in [6.07, 6.45) is 1.71. The molecule has 1 atom stereocenters. The number of amides is 2. The van der Waals surface area contributed by atoms with Gasteiger partial charge in [0.15, 0.2) is 0 Å². The van der Waals surface area contributed by atoms with Gasteiger partial charge in [0.05, 0.1) is 0 Å². The van der Waals surface area contributed by atoms with Crippen molar-refractivity contribution < 1.29 is 9.59 Å². The molecule has 1 unspecified atom stereocenters. The Labute approximate surface area is 163 Å². The number of halogens is 2. The van der Waals surface area contributed by atoms with Crippen LogP contribution in [0.5, 0.6) is 0 Å². The quantitative estimate of drug-likeness (QED) is 0.784. The van der Waals surface area contributed by atoms with E-state index in [2.05, 4.69) is 5.32 Å². The first-order valence-corrected chi connectivity index (χ1v) is 8.60. The largest absolute Gasteiger partial charge is 0.398 e. The number of carbonyl (C=O) groups excluding carboxylic acids is 2. The molecule has 0 saturated carbocycles. The van der Waals surface area contributed by atoms with Crippen molar-refractivity contribution >= 4 is 47.2 Å². The highest BCUT2D eigenvalue weighted by molar-refractivity contribution is 6.30. The summed E-state index contributed by atoms with van der Waals surface area (Å²) in [4.78, 5) is 26.9. The average Bonchev–Trinajstić information content (AvgIpc) is 2.61. The van der Waals surface area contributed by atoms with Crippen LogP contribution in [0.4, 0.5) is 11.4 Å². The van der Waals surface area contributed by atoms with Gasteiger partial charge in [0, 0.05) is 28.5 Å². The van der Waals surface area contributed by atoms with E-state index in [1.807, 2.05) is 18.2 Å². The molecule has 2 aromatic carbocycles. The molecule has 1 aliphatic heterocycles. The Hall–Kier alpha value is -2.24. The van der Waals surface area contributed by atoms with Crippen molar-refractivity contribution in [2.24, 2.45) is 0 Å². The SMILES string of the molecule is CC(NC(=O)c1ccc(Cl)cc1)C(=O)N1CCCc2c(N)cccc21.Cl. The van der Waals surface area contributed by atoms with Gasteiger partial charge in [0.1, 0.15) is 6.04 Å². The second kappa shape index (κ2) is 8.43. The number of anilines is 2. The van der Waals surface area contributed by atoms with Crippen LogP contribution in [0.1, 0.15) is 29.3 Å². The van der Waals surface area contributed by atoms with Gasteiger partial charge in [-0.1, -0.05) is 17.7 Å². The summed E-state index contributed by atoms with van der Waals surface area (Å²) >= 11 is 5.83. The number of hydrogen-bond donors (Lipinski definition) is 2. The monoisotopic (exact) mass is 393 g/mol. The molecule has 5 nitrogen and oxygen atoms in total. The predicted octanol–water partition coefficient (Wildman–Crippen LogP) is 3.44. The Balaban J connectivity index is 0.00000243. The third kappa shape index (κ3) is 4.11. The number of fused-ring (bicyclic) bond motifs is 1. The second-order valence-electron chi connectivity index (χ2n) is 6.14. The molecule has 0 aromatic heterocycles. The Morgan fingerprint density at radius 1 is 1.19 bits per heavy atom. The molecule has 0 radical (unpaired) electrons. The maximum Gasteiger partial charge on any atom is 0.251 e. The van der Waals surface area contributed by atoms with E-state index in [1.54, 1.807) is 36.1 Å². The van der Waals surface area contributed by atoms with E-state index in [0.29, 0.717) is 22.8 Å².